The highest BCUT2D eigenvalue weighted by molar-refractivity contribution is 5.76. The maximum atomic E-state index is 11.6. The van der Waals surface area contributed by atoms with E-state index >= 15 is 0 Å². The normalized spacial score (nSPS) is 10.7. The first kappa shape index (κ1) is 14.7. The van der Waals surface area contributed by atoms with E-state index in [4.69, 9.17) is 9.47 Å². The first-order chi connectivity index (χ1) is 8.65. The highest BCUT2D eigenvalue weighted by Crippen LogP contribution is 2.06. The monoisotopic (exact) mass is 251 g/mol. The van der Waals surface area contributed by atoms with Crippen LogP contribution in [0.25, 0.3) is 0 Å². The standard InChI is InChI=1S/C14H21NO3/c1-11-5-4-6-12(9-11)7-8-13(16)15-10-14(17-2)18-3/h4-6,9,14H,7-8,10H2,1-3H3,(H,15,16). The number of nitrogens with one attached hydrogen (secondary N) is 1. The van der Waals surface area contributed by atoms with Crippen molar-refractivity contribution < 1.29 is 14.3 Å². The molecule has 0 heterocycles. The maximum absolute atomic E-state index is 11.6. The first-order valence-electron chi connectivity index (χ1n) is 6.03. The largest absolute Gasteiger partial charge is 0.354 e. The van der Waals surface area contributed by atoms with E-state index in [0.717, 1.165) is 6.42 Å². The van der Waals surface area contributed by atoms with Crippen LogP contribution in [-0.4, -0.2) is 33.0 Å². The molecule has 0 bridgehead atoms. The van der Waals surface area contributed by atoms with Crippen LogP contribution in [0.2, 0.25) is 0 Å². The molecule has 0 aromatic heterocycles. The predicted octanol–water partition coefficient (Wildman–Crippen LogP) is 1.66. The van der Waals surface area contributed by atoms with Crippen molar-refractivity contribution in [3.05, 3.63) is 35.4 Å². The van der Waals surface area contributed by atoms with Crippen molar-refractivity contribution in [1.29, 1.82) is 0 Å². The van der Waals surface area contributed by atoms with E-state index in [1.165, 1.54) is 11.1 Å². The Morgan fingerprint density at radius 3 is 2.67 bits per heavy atom. The lowest BCUT2D eigenvalue weighted by atomic mass is 10.1. The van der Waals surface area contributed by atoms with Gasteiger partial charge in [0.15, 0.2) is 6.29 Å². The number of hydrogen-bond donors (Lipinski definition) is 1. The van der Waals surface area contributed by atoms with Crippen molar-refractivity contribution in [1.82, 2.24) is 5.32 Å². The van der Waals surface area contributed by atoms with Gasteiger partial charge in [0.1, 0.15) is 0 Å². The highest BCUT2D eigenvalue weighted by atomic mass is 16.7. The number of carbonyl (C=O) groups is 1. The minimum Gasteiger partial charge on any atom is -0.354 e. The average Bonchev–Trinajstić information content (AvgIpc) is 2.37. The molecule has 0 unspecified atom stereocenters. The van der Waals surface area contributed by atoms with Gasteiger partial charge in [-0.2, -0.15) is 0 Å². The lowest BCUT2D eigenvalue weighted by Crippen LogP contribution is -2.34. The first-order valence-corrected chi connectivity index (χ1v) is 6.03. The quantitative estimate of drug-likeness (QED) is 0.750. The van der Waals surface area contributed by atoms with Crippen LogP contribution < -0.4 is 5.32 Å². The van der Waals surface area contributed by atoms with Crippen LogP contribution in [0.3, 0.4) is 0 Å². The molecule has 4 heteroatoms. The van der Waals surface area contributed by atoms with Gasteiger partial charge in [-0.15, -0.1) is 0 Å². The van der Waals surface area contributed by atoms with E-state index in [1.54, 1.807) is 14.2 Å². The second kappa shape index (κ2) is 7.84. The van der Waals surface area contributed by atoms with Crippen LogP contribution in [0.1, 0.15) is 17.5 Å². The maximum Gasteiger partial charge on any atom is 0.220 e. The molecule has 1 aromatic carbocycles. The van der Waals surface area contributed by atoms with Crippen molar-refractivity contribution in [3.8, 4) is 0 Å². The Morgan fingerprint density at radius 1 is 1.33 bits per heavy atom. The summed E-state index contributed by atoms with van der Waals surface area (Å²) in [7, 11) is 3.10. The van der Waals surface area contributed by atoms with E-state index in [0.29, 0.717) is 13.0 Å². The van der Waals surface area contributed by atoms with Gasteiger partial charge in [-0.1, -0.05) is 29.8 Å². The third-order valence-corrected chi connectivity index (χ3v) is 2.71. The van der Waals surface area contributed by atoms with E-state index in [9.17, 15) is 4.79 Å². The summed E-state index contributed by atoms with van der Waals surface area (Å²) in [5.74, 6) is 0.00982. The lowest BCUT2D eigenvalue weighted by Gasteiger charge is -2.13. The van der Waals surface area contributed by atoms with Crippen molar-refractivity contribution in [2.45, 2.75) is 26.1 Å². The third kappa shape index (κ3) is 5.29. The fraction of sp³-hybridized carbons (Fsp3) is 0.500. The number of carbonyl (C=O) groups excluding carboxylic acids is 1. The number of methoxy groups -OCH3 is 2. The molecule has 0 saturated carbocycles. The molecule has 0 aliphatic heterocycles. The molecular weight excluding hydrogens is 230 g/mol. The predicted molar refractivity (Wildman–Crippen MR) is 70.3 cm³/mol. The molecule has 1 rings (SSSR count). The van der Waals surface area contributed by atoms with Gasteiger partial charge < -0.3 is 14.8 Å². The molecule has 0 radical (unpaired) electrons. The van der Waals surface area contributed by atoms with Crippen molar-refractivity contribution in [2.75, 3.05) is 20.8 Å². The van der Waals surface area contributed by atoms with Crippen LogP contribution >= 0.6 is 0 Å². The van der Waals surface area contributed by atoms with Gasteiger partial charge in [-0.05, 0) is 18.9 Å². The van der Waals surface area contributed by atoms with Gasteiger partial charge in [0.2, 0.25) is 5.91 Å². The molecule has 1 aromatic rings. The van der Waals surface area contributed by atoms with Gasteiger partial charge in [0.25, 0.3) is 0 Å². The number of rotatable bonds is 7. The van der Waals surface area contributed by atoms with E-state index in [-0.39, 0.29) is 12.2 Å². The SMILES string of the molecule is COC(CNC(=O)CCc1cccc(C)c1)OC. The third-order valence-electron chi connectivity index (χ3n) is 2.71. The molecule has 1 N–H and O–H groups in total. The molecule has 0 aliphatic rings. The van der Waals surface area contributed by atoms with Crippen molar-refractivity contribution >= 4 is 5.91 Å². The summed E-state index contributed by atoms with van der Waals surface area (Å²) >= 11 is 0. The average molecular weight is 251 g/mol. The minimum absolute atomic E-state index is 0.00982. The topological polar surface area (TPSA) is 47.6 Å². The molecule has 0 atom stereocenters. The summed E-state index contributed by atoms with van der Waals surface area (Å²) in [5, 5.41) is 2.78. The Kier molecular flexibility index (Phi) is 6.39. The van der Waals surface area contributed by atoms with E-state index in [2.05, 4.69) is 11.4 Å². The number of ether oxygens (including phenoxy) is 2. The molecule has 18 heavy (non-hydrogen) atoms. The summed E-state index contributed by atoms with van der Waals surface area (Å²) in [6.07, 6.45) is 0.842. The van der Waals surface area contributed by atoms with Gasteiger partial charge in [0.05, 0.1) is 6.54 Å². The fourth-order valence-corrected chi connectivity index (χ4v) is 1.67. The molecule has 4 nitrogen and oxygen atoms in total. The van der Waals surface area contributed by atoms with Crippen LogP contribution in [0.4, 0.5) is 0 Å². The summed E-state index contributed by atoms with van der Waals surface area (Å²) in [5.41, 5.74) is 2.40. The zero-order valence-electron chi connectivity index (χ0n) is 11.2. The lowest BCUT2D eigenvalue weighted by molar-refractivity contribution is -0.127. The Hall–Kier alpha value is -1.39. The van der Waals surface area contributed by atoms with E-state index in [1.807, 2.05) is 25.1 Å². The second-order valence-corrected chi connectivity index (χ2v) is 4.19. The summed E-state index contributed by atoms with van der Waals surface area (Å²) in [6, 6.07) is 8.19. The zero-order chi connectivity index (χ0) is 13.4. The van der Waals surface area contributed by atoms with Crippen molar-refractivity contribution in [2.24, 2.45) is 0 Å². The fourth-order valence-electron chi connectivity index (χ4n) is 1.67. The van der Waals surface area contributed by atoms with Crippen LogP contribution in [0.15, 0.2) is 24.3 Å². The summed E-state index contributed by atoms with van der Waals surface area (Å²) in [4.78, 5) is 11.6. The molecule has 0 aliphatic carbocycles. The molecule has 1 amide bonds. The van der Waals surface area contributed by atoms with Crippen LogP contribution in [0, 0.1) is 6.92 Å². The molecular formula is C14H21NO3. The summed E-state index contributed by atoms with van der Waals surface area (Å²) < 4.78 is 9.98. The molecule has 0 spiro atoms. The zero-order valence-corrected chi connectivity index (χ0v) is 11.2. The minimum atomic E-state index is -0.382. The van der Waals surface area contributed by atoms with Crippen LogP contribution in [0.5, 0.6) is 0 Å². The Labute approximate surface area is 108 Å². The van der Waals surface area contributed by atoms with Gasteiger partial charge in [-0.25, -0.2) is 0 Å². The Bertz CT molecular complexity index is 375. The van der Waals surface area contributed by atoms with Gasteiger partial charge in [0, 0.05) is 20.6 Å². The van der Waals surface area contributed by atoms with Crippen molar-refractivity contribution in [3.63, 3.8) is 0 Å². The number of amides is 1. The number of hydrogen-bond acceptors (Lipinski definition) is 3. The molecule has 100 valence electrons. The highest BCUT2D eigenvalue weighted by Gasteiger charge is 2.07. The number of benzene rings is 1. The molecule has 0 saturated heterocycles. The Morgan fingerprint density at radius 2 is 2.06 bits per heavy atom. The summed E-state index contributed by atoms with van der Waals surface area (Å²) in [6.45, 7) is 2.42. The van der Waals surface area contributed by atoms with Crippen LogP contribution in [-0.2, 0) is 20.7 Å². The molecule has 0 fully saturated rings. The second-order valence-electron chi connectivity index (χ2n) is 4.19. The smallest absolute Gasteiger partial charge is 0.220 e. The van der Waals surface area contributed by atoms with Gasteiger partial charge in [-0.3, -0.25) is 4.79 Å². The van der Waals surface area contributed by atoms with E-state index < -0.39 is 0 Å². The Balaban J connectivity index is 2.29. The van der Waals surface area contributed by atoms with Gasteiger partial charge >= 0.3 is 0 Å². The number of aryl methyl sites for hydroxylation is 2.